The molecule has 0 aliphatic rings. The van der Waals surface area contributed by atoms with E-state index in [-0.39, 0.29) is 16.9 Å². The fourth-order valence-corrected chi connectivity index (χ4v) is 2.92. The lowest BCUT2D eigenvalue weighted by molar-refractivity contribution is -0.111. The average Bonchev–Trinajstić information content (AvgIpc) is 2.90. The number of aromatic nitrogens is 3. The lowest BCUT2D eigenvalue weighted by atomic mass is 10.0. The second kappa shape index (κ2) is 8.32. The van der Waals surface area contributed by atoms with Crippen LogP contribution in [0, 0.1) is 18.6 Å². The maximum atomic E-state index is 13.4. The number of anilines is 1. The zero-order valence-electron chi connectivity index (χ0n) is 15.4. The van der Waals surface area contributed by atoms with Gasteiger partial charge in [-0.3, -0.25) is 14.3 Å². The smallest absolute Gasteiger partial charge is 0.249 e. The Morgan fingerprint density at radius 1 is 1.21 bits per heavy atom. The van der Waals surface area contributed by atoms with Gasteiger partial charge in [0, 0.05) is 36.5 Å². The van der Waals surface area contributed by atoms with Crippen LogP contribution in [-0.4, -0.2) is 26.5 Å². The number of hydrogen-bond donors (Lipinski definition) is 1. The first-order valence-corrected chi connectivity index (χ1v) is 8.78. The molecule has 0 unspecified atom stereocenters. The van der Waals surface area contributed by atoms with E-state index in [2.05, 4.69) is 15.4 Å². The minimum Gasteiger partial charge on any atom is -0.306 e. The summed E-state index contributed by atoms with van der Waals surface area (Å²) in [5.74, 6) is -3.04. The quantitative estimate of drug-likeness (QED) is 0.505. The minimum absolute atomic E-state index is 0.00478. The number of hydrogen-bond acceptors (Lipinski definition) is 4. The third kappa shape index (κ3) is 4.55. The van der Waals surface area contributed by atoms with Crippen LogP contribution in [-0.2, 0) is 11.8 Å². The molecule has 6 nitrogen and oxygen atoms in total. The highest BCUT2D eigenvalue weighted by atomic mass is 35.5. The predicted octanol–water partition coefficient (Wildman–Crippen LogP) is 3.94. The molecule has 0 radical (unpaired) electrons. The van der Waals surface area contributed by atoms with Crippen LogP contribution in [0.4, 0.5) is 14.6 Å². The molecule has 0 aliphatic heterocycles. The molecular formula is C20H15ClF2N4O2. The van der Waals surface area contributed by atoms with Gasteiger partial charge in [-0.05, 0) is 37.3 Å². The van der Waals surface area contributed by atoms with Gasteiger partial charge in [0.15, 0.2) is 5.78 Å². The molecule has 3 rings (SSSR count). The number of pyridine rings is 1. The number of ketones is 1. The molecule has 148 valence electrons. The predicted molar refractivity (Wildman–Crippen MR) is 105 cm³/mol. The van der Waals surface area contributed by atoms with Gasteiger partial charge in [0.2, 0.25) is 5.91 Å². The van der Waals surface area contributed by atoms with Crippen molar-refractivity contribution >= 4 is 35.2 Å². The average molecular weight is 417 g/mol. The summed E-state index contributed by atoms with van der Waals surface area (Å²) in [6.45, 7) is 1.75. The van der Waals surface area contributed by atoms with Crippen LogP contribution in [0.25, 0.3) is 6.08 Å². The van der Waals surface area contributed by atoms with Crippen molar-refractivity contribution in [1.29, 1.82) is 0 Å². The van der Waals surface area contributed by atoms with Crippen molar-refractivity contribution in [3.8, 4) is 0 Å². The fraction of sp³-hybridized carbons (Fsp3) is 0.100. The van der Waals surface area contributed by atoms with Gasteiger partial charge >= 0.3 is 0 Å². The summed E-state index contributed by atoms with van der Waals surface area (Å²) < 4.78 is 28.4. The van der Waals surface area contributed by atoms with E-state index in [4.69, 9.17) is 11.6 Å². The number of carbonyl (C=O) groups is 2. The monoisotopic (exact) mass is 416 g/mol. The Morgan fingerprint density at radius 2 is 1.90 bits per heavy atom. The summed E-state index contributed by atoms with van der Waals surface area (Å²) in [6, 6.07) is 5.38. The van der Waals surface area contributed by atoms with Gasteiger partial charge in [0.05, 0.1) is 11.3 Å². The number of rotatable bonds is 5. The van der Waals surface area contributed by atoms with Crippen molar-refractivity contribution in [2.75, 3.05) is 5.32 Å². The van der Waals surface area contributed by atoms with Crippen LogP contribution in [0.1, 0.15) is 27.2 Å². The second-order valence-corrected chi connectivity index (χ2v) is 6.48. The Bertz CT molecular complexity index is 1120. The molecule has 3 aromatic rings. The summed E-state index contributed by atoms with van der Waals surface area (Å²) in [5, 5.41) is 7.00. The molecule has 0 saturated heterocycles. The third-order valence-corrected chi connectivity index (χ3v) is 4.46. The maximum Gasteiger partial charge on any atom is 0.249 e. The largest absolute Gasteiger partial charge is 0.306 e. The van der Waals surface area contributed by atoms with E-state index < -0.39 is 23.3 Å². The van der Waals surface area contributed by atoms with Gasteiger partial charge < -0.3 is 5.32 Å². The zero-order chi connectivity index (χ0) is 21.1. The molecular weight excluding hydrogens is 402 g/mol. The molecule has 1 aromatic carbocycles. The standard InChI is InChI=1S/C20H15ClF2N4O2/c1-11-15(19(21)27(2)26-11)5-6-17(28)25-20-16(4-3-7-24-20)18(29)12-8-13(22)10-14(23)9-12/h3-10H,1-2H3,(H,24,25,28). The molecule has 2 heterocycles. The van der Waals surface area contributed by atoms with Gasteiger partial charge in [-0.25, -0.2) is 13.8 Å². The van der Waals surface area contributed by atoms with Crippen molar-refractivity contribution in [3.05, 3.63) is 81.8 Å². The SMILES string of the molecule is Cc1nn(C)c(Cl)c1C=CC(=O)Nc1ncccc1C(=O)c1cc(F)cc(F)c1. The molecule has 0 atom stereocenters. The highest BCUT2D eigenvalue weighted by molar-refractivity contribution is 6.31. The van der Waals surface area contributed by atoms with Crippen molar-refractivity contribution in [3.63, 3.8) is 0 Å². The number of halogens is 3. The highest BCUT2D eigenvalue weighted by Crippen LogP contribution is 2.21. The van der Waals surface area contributed by atoms with Crippen LogP contribution in [0.2, 0.25) is 5.15 Å². The topological polar surface area (TPSA) is 76.9 Å². The Kier molecular flexibility index (Phi) is 5.84. The maximum absolute atomic E-state index is 13.4. The number of benzene rings is 1. The van der Waals surface area contributed by atoms with Gasteiger partial charge in [0.25, 0.3) is 0 Å². The lowest BCUT2D eigenvalue weighted by Gasteiger charge is -2.08. The van der Waals surface area contributed by atoms with Gasteiger partial charge in [-0.2, -0.15) is 5.10 Å². The van der Waals surface area contributed by atoms with E-state index >= 15 is 0 Å². The molecule has 0 bridgehead atoms. The summed E-state index contributed by atoms with van der Waals surface area (Å²) in [5.41, 5.74) is 1.02. The fourth-order valence-electron chi connectivity index (χ4n) is 2.68. The van der Waals surface area contributed by atoms with E-state index in [0.29, 0.717) is 22.5 Å². The number of amides is 1. The number of aryl methyl sites for hydroxylation is 2. The molecule has 1 N–H and O–H groups in total. The van der Waals surface area contributed by atoms with Gasteiger partial charge in [-0.15, -0.1) is 0 Å². The van der Waals surface area contributed by atoms with E-state index in [1.807, 2.05) is 0 Å². The van der Waals surface area contributed by atoms with Crippen molar-refractivity contribution in [2.24, 2.45) is 7.05 Å². The highest BCUT2D eigenvalue weighted by Gasteiger charge is 2.17. The first-order valence-electron chi connectivity index (χ1n) is 8.40. The van der Waals surface area contributed by atoms with Gasteiger partial charge in [0.1, 0.15) is 22.6 Å². The van der Waals surface area contributed by atoms with E-state index in [1.54, 1.807) is 14.0 Å². The number of nitrogens with zero attached hydrogens (tertiary/aromatic N) is 3. The minimum atomic E-state index is -0.880. The molecule has 9 heteroatoms. The normalized spacial score (nSPS) is 11.1. The van der Waals surface area contributed by atoms with Crippen molar-refractivity contribution < 1.29 is 18.4 Å². The van der Waals surface area contributed by atoms with E-state index in [0.717, 1.165) is 12.1 Å². The van der Waals surface area contributed by atoms with E-state index in [9.17, 15) is 18.4 Å². The van der Waals surface area contributed by atoms with Crippen LogP contribution in [0.3, 0.4) is 0 Å². The zero-order valence-corrected chi connectivity index (χ0v) is 16.2. The molecule has 0 saturated carbocycles. The third-order valence-electron chi connectivity index (χ3n) is 4.02. The Balaban J connectivity index is 1.84. The Morgan fingerprint density at radius 3 is 2.52 bits per heavy atom. The van der Waals surface area contributed by atoms with Crippen LogP contribution in [0.5, 0.6) is 0 Å². The van der Waals surface area contributed by atoms with Gasteiger partial charge in [-0.1, -0.05) is 11.6 Å². The molecule has 0 aliphatic carbocycles. The molecule has 2 aromatic heterocycles. The Hall–Kier alpha value is -3.39. The summed E-state index contributed by atoms with van der Waals surface area (Å²) in [6.07, 6.45) is 4.09. The first kappa shape index (κ1) is 20.3. The number of carbonyl (C=O) groups excluding carboxylic acids is 2. The number of nitrogens with one attached hydrogen (secondary N) is 1. The lowest BCUT2D eigenvalue weighted by Crippen LogP contribution is -2.14. The van der Waals surface area contributed by atoms with Crippen LogP contribution in [0.15, 0.2) is 42.6 Å². The molecule has 0 spiro atoms. The second-order valence-electron chi connectivity index (χ2n) is 6.12. The summed E-state index contributed by atoms with van der Waals surface area (Å²) in [4.78, 5) is 28.9. The van der Waals surface area contributed by atoms with E-state index in [1.165, 1.54) is 35.2 Å². The summed E-state index contributed by atoms with van der Waals surface area (Å²) >= 11 is 6.12. The first-order chi connectivity index (χ1) is 13.8. The van der Waals surface area contributed by atoms with Crippen molar-refractivity contribution in [1.82, 2.24) is 14.8 Å². The van der Waals surface area contributed by atoms with Crippen molar-refractivity contribution in [2.45, 2.75) is 6.92 Å². The van der Waals surface area contributed by atoms with Crippen LogP contribution < -0.4 is 5.32 Å². The summed E-state index contributed by atoms with van der Waals surface area (Å²) in [7, 11) is 1.67. The molecule has 1 amide bonds. The van der Waals surface area contributed by atoms with Crippen LogP contribution >= 0.6 is 11.6 Å². The Labute approximate surface area is 169 Å². The molecule has 29 heavy (non-hydrogen) atoms. The molecule has 0 fully saturated rings.